The van der Waals surface area contributed by atoms with Crippen molar-refractivity contribution < 1.29 is 27.2 Å². The van der Waals surface area contributed by atoms with Gasteiger partial charge in [0.2, 0.25) is 0 Å². The predicted octanol–water partition coefficient (Wildman–Crippen LogP) is 1.60. The first-order valence-corrected chi connectivity index (χ1v) is 6.79. The normalized spacial score (nSPS) is 10.4. The van der Waals surface area contributed by atoms with E-state index in [1.807, 2.05) is 6.92 Å². The molecule has 19 heavy (non-hydrogen) atoms. The summed E-state index contributed by atoms with van der Waals surface area (Å²) in [6, 6.07) is 4.77. The summed E-state index contributed by atoms with van der Waals surface area (Å²) < 4.78 is 39.8. The number of unbranched alkanes of at least 4 members (excludes halogenated alkanes) is 1. The number of rotatable bonds is 5. The standard InChI is InChI=1S/C11H14O6S.Na.H/c1-2-3-8-16-11(12)17-9-4-6-10(7-5-9)18(13,14)15;;/h4-7H,2-3,8H2,1H3,(H,13,14,15);;. The fourth-order valence-electron chi connectivity index (χ4n) is 1.11. The molecule has 0 atom stereocenters. The Hall–Kier alpha value is -0.600. The van der Waals surface area contributed by atoms with E-state index in [0.717, 1.165) is 25.0 Å². The molecule has 1 aromatic carbocycles. The molecule has 8 heteroatoms. The van der Waals surface area contributed by atoms with Crippen molar-refractivity contribution in [1.82, 2.24) is 0 Å². The zero-order valence-electron chi connectivity index (χ0n) is 9.83. The van der Waals surface area contributed by atoms with Gasteiger partial charge in [-0.05, 0) is 30.7 Å². The number of carbonyl (C=O) groups is 1. The SMILES string of the molecule is CCCCOC(=O)Oc1ccc(S(=O)(=O)O)cc1.[NaH]. The summed E-state index contributed by atoms with van der Waals surface area (Å²) in [6.45, 7) is 2.24. The predicted molar refractivity (Wildman–Crippen MR) is 70.3 cm³/mol. The molecule has 1 N–H and O–H groups in total. The third-order valence-electron chi connectivity index (χ3n) is 2.04. The topological polar surface area (TPSA) is 89.9 Å². The summed E-state index contributed by atoms with van der Waals surface area (Å²) in [7, 11) is -4.24. The summed E-state index contributed by atoms with van der Waals surface area (Å²) in [5.74, 6) is 0.142. The monoisotopic (exact) mass is 298 g/mol. The average Bonchev–Trinajstić information content (AvgIpc) is 2.29. The van der Waals surface area contributed by atoms with Crippen LogP contribution in [-0.2, 0) is 14.9 Å². The molecule has 0 fully saturated rings. The summed E-state index contributed by atoms with van der Waals surface area (Å²) in [5, 5.41) is 0. The van der Waals surface area contributed by atoms with Crippen molar-refractivity contribution in [3.63, 3.8) is 0 Å². The third kappa shape index (κ3) is 6.93. The van der Waals surface area contributed by atoms with Crippen molar-refractivity contribution in [2.75, 3.05) is 6.61 Å². The summed E-state index contributed by atoms with van der Waals surface area (Å²) >= 11 is 0. The van der Waals surface area contributed by atoms with Crippen LogP contribution >= 0.6 is 0 Å². The van der Waals surface area contributed by atoms with Gasteiger partial charge in [0, 0.05) is 0 Å². The molecule has 0 saturated heterocycles. The first-order valence-electron chi connectivity index (χ1n) is 5.35. The molecule has 0 aliphatic carbocycles. The van der Waals surface area contributed by atoms with Crippen LogP contribution < -0.4 is 4.74 Å². The van der Waals surface area contributed by atoms with Crippen molar-refractivity contribution in [3.05, 3.63) is 24.3 Å². The number of ether oxygens (including phenoxy) is 2. The van der Waals surface area contributed by atoms with Crippen molar-refractivity contribution in [2.24, 2.45) is 0 Å². The van der Waals surface area contributed by atoms with E-state index in [-0.39, 0.29) is 46.8 Å². The fraction of sp³-hybridized carbons (Fsp3) is 0.364. The Bertz CT molecular complexity index is 496. The second-order valence-corrected chi connectivity index (χ2v) is 4.92. The second kappa shape index (κ2) is 8.55. The van der Waals surface area contributed by atoms with E-state index in [1.165, 1.54) is 12.1 Å². The van der Waals surface area contributed by atoms with Gasteiger partial charge in [-0.2, -0.15) is 8.42 Å². The number of benzene rings is 1. The molecule has 102 valence electrons. The number of hydrogen-bond donors (Lipinski definition) is 1. The maximum atomic E-state index is 11.2. The minimum atomic E-state index is -4.24. The molecule has 0 unspecified atom stereocenters. The van der Waals surface area contributed by atoms with Crippen LogP contribution in [0.1, 0.15) is 19.8 Å². The van der Waals surface area contributed by atoms with Crippen LogP contribution in [-0.4, -0.2) is 55.3 Å². The van der Waals surface area contributed by atoms with Gasteiger partial charge in [0.15, 0.2) is 0 Å². The van der Waals surface area contributed by atoms with Gasteiger partial charge in [0.25, 0.3) is 10.1 Å². The Morgan fingerprint density at radius 2 is 1.84 bits per heavy atom. The van der Waals surface area contributed by atoms with Crippen LogP contribution in [0.2, 0.25) is 0 Å². The fourth-order valence-corrected chi connectivity index (χ4v) is 1.59. The molecule has 0 amide bonds. The summed E-state index contributed by atoms with van der Waals surface area (Å²) in [6.07, 6.45) is 0.802. The molecule has 0 spiro atoms. The zero-order valence-corrected chi connectivity index (χ0v) is 10.6. The zero-order chi connectivity index (χ0) is 13.6. The van der Waals surface area contributed by atoms with E-state index in [4.69, 9.17) is 14.0 Å². The van der Waals surface area contributed by atoms with Crippen molar-refractivity contribution >= 4 is 45.8 Å². The van der Waals surface area contributed by atoms with Crippen molar-refractivity contribution in [3.8, 4) is 5.75 Å². The number of hydrogen-bond acceptors (Lipinski definition) is 5. The Kier molecular flexibility index (Phi) is 8.28. The molecule has 6 nitrogen and oxygen atoms in total. The molecule has 0 aromatic heterocycles. The third-order valence-corrected chi connectivity index (χ3v) is 2.91. The number of carbonyl (C=O) groups excluding carboxylic acids is 1. The Balaban J connectivity index is 0.00000324. The van der Waals surface area contributed by atoms with Crippen LogP contribution in [0, 0.1) is 0 Å². The molecule has 0 saturated carbocycles. The van der Waals surface area contributed by atoms with E-state index in [1.54, 1.807) is 0 Å². The molecule has 0 aliphatic heterocycles. The molecule has 0 heterocycles. The van der Waals surface area contributed by atoms with E-state index in [0.29, 0.717) is 0 Å². The van der Waals surface area contributed by atoms with E-state index >= 15 is 0 Å². The summed E-state index contributed by atoms with van der Waals surface area (Å²) in [5.41, 5.74) is 0. The van der Waals surface area contributed by atoms with Crippen LogP contribution in [0.15, 0.2) is 29.2 Å². The van der Waals surface area contributed by atoms with Crippen LogP contribution in [0.3, 0.4) is 0 Å². The van der Waals surface area contributed by atoms with Gasteiger partial charge >= 0.3 is 35.7 Å². The van der Waals surface area contributed by atoms with Gasteiger partial charge in [-0.1, -0.05) is 13.3 Å². The van der Waals surface area contributed by atoms with Crippen molar-refractivity contribution in [1.29, 1.82) is 0 Å². The van der Waals surface area contributed by atoms with Crippen LogP contribution in [0.4, 0.5) is 4.79 Å². The van der Waals surface area contributed by atoms with Gasteiger partial charge in [0.1, 0.15) is 5.75 Å². The average molecular weight is 298 g/mol. The molecule has 0 aliphatic rings. The van der Waals surface area contributed by atoms with Gasteiger partial charge in [-0.25, -0.2) is 4.79 Å². The van der Waals surface area contributed by atoms with Gasteiger partial charge in [0.05, 0.1) is 11.5 Å². The van der Waals surface area contributed by atoms with Gasteiger partial charge in [-0.15, -0.1) is 0 Å². The quantitative estimate of drug-likeness (QED) is 0.292. The molecular formula is C11H15NaO6S. The van der Waals surface area contributed by atoms with Crippen molar-refractivity contribution in [2.45, 2.75) is 24.7 Å². The maximum absolute atomic E-state index is 11.2. The molecular weight excluding hydrogens is 283 g/mol. The molecule has 1 aromatic rings. The Morgan fingerprint density at radius 3 is 2.32 bits per heavy atom. The first-order chi connectivity index (χ1) is 8.43. The van der Waals surface area contributed by atoms with Crippen LogP contribution in [0.25, 0.3) is 0 Å². The van der Waals surface area contributed by atoms with E-state index < -0.39 is 16.3 Å². The van der Waals surface area contributed by atoms with Gasteiger partial charge < -0.3 is 9.47 Å². The second-order valence-electron chi connectivity index (χ2n) is 3.50. The minimum absolute atomic E-state index is 0. The Morgan fingerprint density at radius 1 is 1.26 bits per heavy atom. The van der Waals surface area contributed by atoms with Crippen LogP contribution in [0.5, 0.6) is 5.75 Å². The molecule has 1 rings (SSSR count). The first kappa shape index (κ1) is 18.4. The van der Waals surface area contributed by atoms with E-state index in [9.17, 15) is 13.2 Å². The summed E-state index contributed by atoms with van der Waals surface area (Å²) in [4.78, 5) is 10.9. The van der Waals surface area contributed by atoms with Gasteiger partial charge in [-0.3, -0.25) is 4.55 Å². The molecule has 0 bridgehead atoms. The van der Waals surface area contributed by atoms with E-state index in [2.05, 4.69) is 0 Å². The Labute approximate surface area is 134 Å². The molecule has 0 radical (unpaired) electrons.